The zero-order chi connectivity index (χ0) is 24.5. The van der Waals surface area contributed by atoms with Crippen molar-refractivity contribution in [1.29, 1.82) is 0 Å². The molecule has 1 aromatic heterocycles. The molecule has 0 spiro atoms. The maximum atomic E-state index is 13.2. The van der Waals surface area contributed by atoms with Crippen molar-refractivity contribution in [3.8, 4) is 0 Å². The van der Waals surface area contributed by atoms with Gasteiger partial charge in [0.25, 0.3) is 11.5 Å². The molecule has 0 bridgehead atoms. The van der Waals surface area contributed by atoms with Crippen molar-refractivity contribution >= 4 is 23.8 Å². The lowest BCUT2D eigenvalue weighted by Gasteiger charge is -2.36. The van der Waals surface area contributed by atoms with Crippen molar-refractivity contribution in [1.82, 2.24) is 9.47 Å². The Bertz CT molecular complexity index is 1160. The van der Waals surface area contributed by atoms with Crippen LogP contribution in [0, 0.1) is 6.92 Å². The summed E-state index contributed by atoms with van der Waals surface area (Å²) in [5.74, 6) is -0.731. The van der Waals surface area contributed by atoms with E-state index in [1.807, 2.05) is 0 Å². The third-order valence-corrected chi connectivity index (χ3v) is 5.61. The molecule has 176 valence electrons. The minimum absolute atomic E-state index is 0.0162. The molecule has 3 rings (SSSR count). The number of alkyl halides is 3. The van der Waals surface area contributed by atoms with Crippen LogP contribution in [0.1, 0.15) is 47.4 Å². The molecule has 0 fully saturated rings. The molecule has 7 nitrogen and oxygen atoms in total. The quantitative estimate of drug-likeness (QED) is 0.591. The number of Topliss-reactive ketones (excluding diaryl/α,β-unsaturated/α-hetero) is 1. The number of rotatable bonds is 7. The molecule has 2 heterocycles. The van der Waals surface area contributed by atoms with E-state index in [2.05, 4.69) is 0 Å². The van der Waals surface area contributed by atoms with Crippen LogP contribution in [0.4, 0.5) is 18.9 Å². The van der Waals surface area contributed by atoms with Gasteiger partial charge in [0.15, 0.2) is 5.78 Å². The lowest BCUT2D eigenvalue weighted by Crippen LogP contribution is -2.50. The summed E-state index contributed by atoms with van der Waals surface area (Å²) in [6, 6.07) is 5.87. The van der Waals surface area contributed by atoms with Gasteiger partial charge in [-0.1, -0.05) is 18.6 Å². The van der Waals surface area contributed by atoms with Gasteiger partial charge in [-0.3, -0.25) is 19.2 Å². The number of amides is 2. The van der Waals surface area contributed by atoms with Gasteiger partial charge in [-0.2, -0.15) is 13.2 Å². The van der Waals surface area contributed by atoms with Crippen LogP contribution in [0.5, 0.6) is 0 Å². The van der Waals surface area contributed by atoms with Crippen LogP contribution < -0.4 is 10.5 Å². The molecule has 33 heavy (non-hydrogen) atoms. The van der Waals surface area contributed by atoms with Crippen LogP contribution in [0.3, 0.4) is 0 Å². The molecule has 0 aliphatic carbocycles. The Morgan fingerprint density at radius 3 is 2.52 bits per heavy atom. The zero-order valence-corrected chi connectivity index (χ0v) is 18.5. The Balaban J connectivity index is 1.93. The molecule has 1 atom stereocenters. The minimum atomic E-state index is -4.50. The highest BCUT2D eigenvalue weighted by molar-refractivity contribution is 5.94. The van der Waals surface area contributed by atoms with E-state index in [-0.39, 0.29) is 43.2 Å². The van der Waals surface area contributed by atoms with Gasteiger partial charge in [0, 0.05) is 25.6 Å². The first-order valence-corrected chi connectivity index (χ1v) is 10.4. The summed E-state index contributed by atoms with van der Waals surface area (Å²) in [4.78, 5) is 51.8. The molecule has 1 aliphatic heterocycles. The number of aromatic nitrogens is 1. The maximum Gasteiger partial charge on any atom is 0.416 e. The number of anilines is 1. The number of nitrogens with zero attached hydrogens (tertiary/aromatic N) is 3. The fourth-order valence-corrected chi connectivity index (χ4v) is 3.89. The average molecular weight is 463 g/mol. The second-order valence-corrected chi connectivity index (χ2v) is 8.13. The van der Waals surface area contributed by atoms with Crippen molar-refractivity contribution in [2.45, 2.75) is 52.5 Å². The van der Waals surface area contributed by atoms with Gasteiger partial charge in [0.1, 0.15) is 11.4 Å². The SMILES string of the molecule is CCC(=O)CN(C=O)c1ccc2n(c1=O)CC(C)N(Cc1cc(C)cc(C(F)(F)F)c1)C2=O. The summed E-state index contributed by atoms with van der Waals surface area (Å²) in [6.45, 7) is 4.69. The summed E-state index contributed by atoms with van der Waals surface area (Å²) in [5.41, 5.74) is -0.561. The number of fused-ring (bicyclic) bond motifs is 1. The monoisotopic (exact) mass is 463 g/mol. The fourth-order valence-electron chi connectivity index (χ4n) is 3.89. The summed E-state index contributed by atoms with van der Waals surface area (Å²) < 4.78 is 40.8. The average Bonchev–Trinajstić information content (AvgIpc) is 2.75. The molecular weight excluding hydrogens is 439 g/mol. The molecule has 1 unspecified atom stereocenters. The van der Waals surface area contributed by atoms with E-state index in [4.69, 9.17) is 0 Å². The number of benzene rings is 1. The predicted molar refractivity (Wildman–Crippen MR) is 115 cm³/mol. The molecule has 0 saturated heterocycles. The number of ketones is 1. The van der Waals surface area contributed by atoms with Crippen LogP contribution in [-0.2, 0) is 28.9 Å². The largest absolute Gasteiger partial charge is 0.416 e. The van der Waals surface area contributed by atoms with Crippen molar-refractivity contribution in [3.63, 3.8) is 0 Å². The molecular formula is C23H24F3N3O4. The van der Waals surface area contributed by atoms with Crippen molar-refractivity contribution < 1.29 is 27.6 Å². The van der Waals surface area contributed by atoms with E-state index in [9.17, 15) is 32.3 Å². The number of carbonyl (C=O) groups excluding carboxylic acids is 3. The van der Waals surface area contributed by atoms with Gasteiger partial charge in [0.2, 0.25) is 6.41 Å². The zero-order valence-electron chi connectivity index (χ0n) is 18.5. The summed E-state index contributed by atoms with van der Waals surface area (Å²) in [5, 5.41) is 0. The molecule has 2 aromatic rings. The van der Waals surface area contributed by atoms with Gasteiger partial charge in [-0.25, -0.2) is 0 Å². The first-order valence-electron chi connectivity index (χ1n) is 10.4. The van der Waals surface area contributed by atoms with E-state index in [1.165, 1.54) is 21.6 Å². The lowest BCUT2D eigenvalue weighted by molar-refractivity contribution is -0.137. The van der Waals surface area contributed by atoms with Gasteiger partial charge < -0.3 is 14.4 Å². The summed E-state index contributed by atoms with van der Waals surface area (Å²) in [6.07, 6.45) is -3.90. The van der Waals surface area contributed by atoms with Crippen LogP contribution in [0.25, 0.3) is 0 Å². The molecule has 0 N–H and O–H groups in total. The number of halogens is 3. The van der Waals surface area contributed by atoms with Crippen molar-refractivity contribution in [3.05, 3.63) is 63.1 Å². The highest BCUT2D eigenvalue weighted by Crippen LogP contribution is 2.31. The van der Waals surface area contributed by atoms with E-state index in [0.29, 0.717) is 17.5 Å². The standard InChI is InChI=1S/C23H24F3N3O4/c1-4-18(31)12-27(13-30)19-5-6-20-22(33)28(15(3)10-29(20)21(19)32)11-16-7-14(2)8-17(9-16)23(24,25)26/h5-9,13,15H,4,10-12H2,1-3H3. The Hall–Kier alpha value is -3.43. The molecule has 10 heteroatoms. The van der Waals surface area contributed by atoms with Gasteiger partial charge in [0.05, 0.1) is 12.1 Å². The number of hydrogen-bond acceptors (Lipinski definition) is 4. The van der Waals surface area contributed by atoms with E-state index in [0.717, 1.165) is 17.0 Å². The van der Waals surface area contributed by atoms with Crippen LogP contribution >= 0.6 is 0 Å². The first-order chi connectivity index (χ1) is 15.5. The molecule has 0 saturated carbocycles. The van der Waals surface area contributed by atoms with Crippen LogP contribution in [0.15, 0.2) is 35.1 Å². The molecule has 2 amide bonds. The molecule has 0 radical (unpaired) electrons. The maximum absolute atomic E-state index is 13.2. The Morgan fingerprint density at radius 1 is 1.21 bits per heavy atom. The highest BCUT2D eigenvalue weighted by atomic mass is 19.4. The van der Waals surface area contributed by atoms with Gasteiger partial charge in [-0.05, 0) is 43.7 Å². The van der Waals surface area contributed by atoms with Crippen molar-refractivity contribution in [2.24, 2.45) is 0 Å². The third-order valence-electron chi connectivity index (χ3n) is 5.61. The van der Waals surface area contributed by atoms with E-state index in [1.54, 1.807) is 26.8 Å². The second kappa shape index (κ2) is 9.21. The minimum Gasteiger partial charge on any atom is -0.329 e. The fraction of sp³-hybridized carbons (Fsp3) is 0.391. The normalized spacial score (nSPS) is 15.9. The van der Waals surface area contributed by atoms with E-state index < -0.39 is 29.2 Å². The number of pyridine rings is 1. The van der Waals surface area contributed by atoms with Crippen LogP contribution in [-0.4, -0.2) is 40.2 Å². The van der Waals surface area contributed by atoms with E-state index >= 15 is 0 Å². The van der Waals surface area contributed by atoms with Crippen LogP contribution in [0.2, 0.25) is 0 Å². The summed E-state index contributed by atoms with van der Waals surface area (Å²) >= 11 is 0. The lowest BCUT2D eigenvalue weighted by atomic mass is 10.0. The van der Waals surface area contributed by atoms with Crippen molar-refractivity contribution in [2.75, 3.05) is 11.4 Å². The number of hydrogen-bond donors (Lipinski definition) is 0. The second-order valence-electron chi connectivity index (χ2n) is 8.13. The smallest absolute Gasteiger partial charge is 0.329 e. The predicted octanol–water partition coefficient (Wildman–Crippen LogP) is 3.16. The molecule has 1 aromatic carbocycles. The number of aryl methyl sites for hydroxylation is 1. The van der Waals surface area contributed by atoms with Gasteiger partial charge >= 0.3 is 6.18 Å². The summed E-state index contributed by atoms with van der Waals surface area (Å²) in [7, 11) is 0. The number of carbonyl (C=O) groups is 3. The van der Waals surface area contributed by atoms with Gasteiger partial charge in [-0.15, -0.1) is 0 Å². The Labute approximate surface area is 188 Å². The molecule has 1 aliphatic rings. The third kappa shape index (κ3) is 4.99. The highest BCUT2D eigenvalue weighted by Gasteiger charge is 2.34. The first kappa shape index (κ1) is 24.2. The topological polar surface area (TPSA) is 79.7 Å². The Morgan fingerprint density at radius 2 is 1.91 bits per heavy atom. The Kier molecular flexibility index (Phi) is 6.76.